The first-order valence-corrected chi connectivity index (χ1v) is 13.5. The molecule has 1 amide bonds. The minimum Gasteiger partial charge on any atom is -0.406 e. The Kier molecular flexibility index (Phi) is 8.33. The molecule has 3 aromatic rings. The monoisotopic (exact) mass is 582 g/mol. The van der Waals surface area contributed by atoms with Crippen molar-refractivity contribution in [2.24, 2.45) is 5.73 Å². The summed E-state index contributed by atoms with van der Waals surface area (Å²) < 4.78 is 83.7. The maximum absolute atomic E-state index is 13.3. The molecule has 9 nitrogen and oxygen atoms in total. The SMILES string of the molecule is Cc1c(C(N)=O)cc(C(=O)CN2CCN(S(=O)(=O)c3ccc(F)cc3)CC2)n1Cc1cccc(OC(F)(F)F)c1. The molecule has 1 aromatic heterocycles. The Morgan fingerprint density at radius 1 is 1.00 bits per heavy atom. The summed E-state index contributed by atoms with van der Waals surface area (Å²) in [6, 6.07) is 11.1. The third-order valence-electron chi connectivity index (χ3n) is 6.54. The lowest BCUT2D eigenvalue weighted by atomic mass is 10.2. The predicted octanol–water partition coefficient (Wildman–Crippen LogP) is 3.17. The summed E-state index contributed by atoms with van der Waals surface area (Å²) in [5.41, 5.74) is 6.47. The van der Waals surface area contributed by atoms with Crippen molar-refractivity contribution in [3.8, 4) is 5.75 Å². The minimum absolute atomic E-state index is 0.0288. The molecule has 2 aromatic carbocycles. The van der Waals surface area contributed by atoms with E-state index >= 15 is 0 Å². The molecule has 0 atom stereocenters. The summed E-state index contributed by atoms with van der Waals surface area (Å²) in [4.78, 5) is 27.1. The number of piperazine rings is 1. The van der Waals surface area contributed by atoms with Crippen molar-refractivity contribution in [1.29, 1.82) is 0 Å². The first kappa shape index (κ1) is 29.2. The molecule has 2 heterocycles. The number of ether oxygens (including phenoxy) is 1. The zero-order chi connectivity index (χ0) is 29.2. The maximum Gasteiger partial charge on any atom is 0.573 e. The van der Waals surface area contributed by atoms with E-state index in [9.17, 15) is 35.6 Å². The van der Waals surface area contributed by atoms with Crippen LogP contribution in [0.2, 0.25) is 0 Å². The number of carbonyl (C=O) groups excluding carboxylic acids is 2. The van der Waals surface area contributed by atoms with Crippen LogP contribution in [0.25, 0.3) is 0 Å². The average Bonchev–Trinajstić information content (AvgIpc) is 3.20. The van der Waals surface area contributed by atoms with Crippen LogP contribution in [0.5, 0.6) is 5.75 Å². The van der Waals surface area contributed by atoms with Crippen molar-refractivity contribution >= 4 is 21.7 Å². The molecule has 0 bridgehead atoms. The van der Waals surface area contributed by atoms with Crippen LogP contribution in [0.4, 0.5) is 17.6 Å². The lowest BCUT2D eigenvalue weighted by Gasteiger charge is -2.33. The number of hydrogen-bond donors (Lipinski definition) is 1. The van der Waals surface area contributed by atoms with Gasteiger partial charge in [-0.2, -0.15) is 4.31 Å². The summed E-state index contributed by atoms with van der Waals surface area (Å²) in [5.74, 6) is -2.12. The van der Waals surface area contributed by atoms with Crippen LogP contribution in [0.1, 0.15) is 32.1 Å². The Balaban J connectivity index is 1.49. The molecule has 0 saturated carbocycles. The van der Waals surface area contributed by atoms with Gasteiger partial charge in [0.1, 0.15) is 11.6 Å². The van der Waals surface area contributed by atoms with Gasteiger partial charge in [0.2, 0.25) is 10.0 Å². The van der Waals surface area contributed by atoms with Gasteiger partial charge in [0.15, 0.2) is 5.78 Å². The number of primary amides is 1. The minimum atomic E-state index is -4.87. The Hall–Kier alpha value is -3.75. The van der Waals surface area contributed by atoms with Crippen molar-refractivity contribution in [2.45, 2.75) is 24.7 Å². The van der Waals surface area contributed by atoms with E-state index in [-0.39, 0.29) is 61.2 Å². The second-order valence-electron chi connectivity index (χ2n) is 9.23. The van der Waals surface area contributed by atoms with E-state index in [4.69, 9.17) is 5.73 Å². The van der Waals surface area contributed by atoms with Gasteiger partial charge in [-0.3, -0.25) is 14.5 Å². The highest BCUT2D eigenvalue weighted by atomic mass is 32.2. The maximum atomic E-state index is 13.3. The van der Waals surface area contributed by atoms with Crippen LogP contribution >= 0.6 is 0 Å². The standard InChI is InChI=1S/C26H26F4N4O5S/c1-17-22(25(31)36)14-23(34(17)15-18-3-2-4-20(13-18)39-26(28,29)30)24(35)16-32-9-11-33(12-10-32)40(37,38)21-7-5-19(27)6-8-21/h2-8,13-14H,9-12,15-16H2,1H3,(H2,31,36). The molecule has 2 N–H and O–H groups in total. The number of sulfonamides is 1. The molecule has 1 aliphatic heterocycles. The van der Waals surface area contributed by atoms with Crippen LogP contribution < -0.4 is 10.5 Å². The van der Waals surface area contributed by atoms with E-state index in [1.54, 1.807) is 17.9 Å². The molecule has 0 radical (unpaired) electrons. The number of benzene rings is 2. The molecule has 1 saturated heterocycles. The fourth-order valence-corrected chi connectivity index (χ4v) is 5.94. The van der Waals surface area contributed by atoms with E-state index in [0.717, 1.165) is 18.2 Å². The van der Waals surface area contributed by atoms with Crippen molar-refractivity contribution in [3.63, 3.8) is 0 Å². The first-order chi connectivity index (χ1) is 18.7. The number of nitrogens with zero attached hydrogens (tertiary/aromatic N) is 3. The molecule has 4 rings (SSSR count). The van der Waals surface area contributed by atoms with E-state index in [1.165, 1.54) is 39.2 Å². The average molecular weight is 583 g/mol. The number of aromatic nitrogens is 1. The van der Waals surface area contributed by atoms with E-state index in [1.807, 2.05) is 0 Å². The number of hydrogen-bond acceptors (Lipinski definition) is 6. The topological polar surface area (TPSA) is 115 Å². The molecular weight excluding hydrogens is 556 g/mol. The van der Waals surface area contributed by atoms with E-state index in [2.05, 4.69) is 4.74 Å². The van der Waals surface area contributed by atoms with Crippen molar-refractivity contribution in [1.82, 2.24) is 13.8 Å². The lowest BCUT2D eigenvalue weighted by molar-refractivity contribution is -0.274. The number of carbonyl (C=O) groups is 2. The third-order valence-corrected chi connectivity index (χ3v) is 8.45. The smallest absolute Gasteiger partial charge is 0.406 e. The molecule has 40 heavy (non-hydrogen) atoms. The summed E-state index contributed by atoms with van der Waals surface area (Å²) >= 11 is 0. The first-order valence-electron chi connectivity index (χ1n) is 12.1. The van der Waals surface area contributed by atoms with Gasteiger partial charge >= 0.3 is 6.36 Å². The summed E-state index contributed by atoms with van der Waals surface area (Å²) in [6.07, 6.45) is -4.87. The number of halogens is 4. The molecule has 14 heteroatoms. The number of ketones is 1. The van der Waals surface area contributed by atoms with Gasteiger partial charge in [0.05, 0.1) is 22.7 Å². The Labute approximate surface area is 227 Å². The quantitative estimate of drug-likeness (QED) is 0.306. The Morgan fingerprint density at radius 2 is 1.65 bits per heavy atom. The molecule has 214 valence electrons. The molecule has 0 aliphatic carbocycles. The predicted molar refractivity (Wildman–Crippen MR) is 136 cm³/mol. The van der Waals surface area contributed by atoms with Crippen molar-refractivity contribution in [2.75, 3.05) is 32.7 Å². The fraction of sp³-hybridized carbons (Fsp3) is 0.308. The van der Waals surface area contributed by atoms with E-state index in [0.29, 0.717) is 11.3 Å². The van der Waals surface area contributed by atoms with Crippen LogP contribution in [0.15, 0.2) is 59.5 Å². The summed E-state index contributed by atoms with van der Waals surface area (Å²) in [7, 11) is -3.83. The molecular formula is C26H26F4N4O5S. The normalized spacial score (nSPS) is 15.2. The van der Waals surface area contributed by atoms with Gasteiger partial charge in [0.25, 0.3) is 5.91 Å². The van der Waals surface area contributed by atoms with Gasteiger partial charge in [-0.05, 0) is 55.0 Å². The molecule has 1 aliphatic rings. The number of alkyl halides is 3. The lowest BCUT2D eigenvalue weighted by Crippen LogP contribution is -2.49. The zero-order valence-electron chi connectivity index (χ0n) is 21.3. The molecule has 1 fully saturated rings. The van der Waals surface area contributed by atoms with Gasteiger partial charge in [-0.15, -0.1) is 13.2 Å². The fourth-order valence-electron chi connectivity index (χ4n) is 4.52. The molecule has 0 unspecified atom stereocenters. The highest BCUT2D eigenvalue weighted by Gasteiger charge is 2.32. The number of nitrogens with two attached hydrogens (primary N) is 1. The van der Waals surface area contributed by atoms with Crippen LogP contribution in [0, 0.1) is 12.7 Å². The highest BCUT2D eigenvalue weighted by Crippen LogP contribution is 2.25. The van der Waals surface area contributed by atoms with Crippen LogP contribution in [-0.4, -0.2) is 73.0 Å². The van der Waals surface area contributed by atoms with Crippen molar-refractivity contribution in [3.05, 3.63) is 82.9 Å². The van der Waals surface area contributed by atoms with E-state index < -0.39 is 33.9 Å². The van der Waals surface area contributed by atoms with Gasteiger partial charge in [-0.25, -0.2) is 12.8 Å². The van der Waals surface area contributed by atoms with Gasteiger partial charge in [0, 0.05) is 38.4 Å². The second kappa shape index (κ2) is 11.4. The largest absolute Gasteiger partial charge is 0.573 e. The summed E-state index contributed by atoms with van der Waals surface area (Å²) in [6.45, 7) is 2.14. The van der Waals surface area contributed by atoms with Gasteiger partial charge < -0.3 is 15.0 Å². The summed E-state index contributed by atoms with van der Waals surface area (Å²) in [5, 5.41) is 0. The van der Waals surface area contributed by atoms with Gasteiger partial charge in [-0.1, -0.05) is 12.1 Å². The Morgan fingerprint density at radius 3 is 2.25 bits per heavy atom. The van der Waals surface area contributed by atoms with Crippen molar-refractivity contribution < 1.29 is 40.3 Å². The van der Waals surface area contributed by atoms with Crippen LogP contribution in [-0.2, 0) is 16.6 Å². The highest BCUT2D eigenvalue weighted by molar-refractivity contribution is 7.89. The number of amides is 1. The molecule has 0 spiro atoms. The Bertz CT molecular complexity index is 1510. The third kappa shape index (κ3) is 6.69. The second-order valence-corrected chi connectivity index (χ2v) is 11.2. The van der Waals surface area contributed by atoms with Crippen LogP contribution in [0.3, 0.4) is 0 Å². The number of Topliss-reactive ketones (excluding diaryl/α,β-unsaturated/α-hetero) is 1. The zero-order valence-corrected chi connectivity index (χ0v) is 22.1. The number of rotatable bonds is 9.